The Morgan fingerprint density at radius 2 is 0.381 bits per heavy atom. The molecule has 134 heavy (non-hydrogen) atoms. The molecular formula is C127H82N6O. The number of para-hydroxylation sites is 12. The van der Waals surface area contributed by atoms with Crippen molar-refractivity contribution in [2.45, 2.75) is 5.41 Å². The third-order valence-corrected chi connectivity index (χ3v) is 28.2. The van der Waals surface area contributed by atoms with Crippen LogP contribution in [0.25, 0.3) is 220 Å². The molecule has 0 atom stereocenters. The zero-order chi connectivity index (χ0) is 88.1. The maximum absolute atomic E-state index is 6.36. The highest BCUT2D eigenvalue weighted by Gasteiger charge is 2.47. The van der Waals surface area contributed by atoms with Crippen molar-refractivity contribution >= 4 is 153 Å². The quantitative estimate of drug-likeness (QED) is 0.135. The highest BCUT2D eigenvalue weighted by molar-refractivity contribution is 6.17. The summed E-state index contributed by atoms with van der Waals surface area (Å²) in [5.74, 6) is 0. The molecular weight excluding hydrogens is 1630 g/mol. The predicted molar refractivity (Wildman–Crippen MR) is 561 cm³/mol. The molecule has 0 fully saturated rings. The first-order valence-electron chi connectivity index (χ1n) is 46.1. The van der Waals surface area contributed by atoms with Gasteiger partial charge in [-0.1, -0.05) is 309 Å². The van der Waals surface area contributed by atoms with E-state index in [9.17, 15) is 0 Å². The van der Waals surface area contributed by atoms with Crippen LogP contribution in [0.4, 0.5) is 0 Å². The first-order valence-corrected chi connectivity index (χ1v) is 46.1. The van der Waals surface area contributed by atoms with Crippen molar-refractivity contribution in [3.8, 4) is 67.5 Å². The minimum atomic E-state index is -0.526. The Morgan fingerprint density at radius 3 is 0.739 bits per heavy atom. The Hall–Kier alpha value is -17.8. The molecule has 28 aromatic rings. The summed E-state index contributed by atoms with van der Waals surface area (Å²) in [5.41, 5.74) is 35.4. The monoisotopic (exact) mass is 1710 g/mol. The summed E-state index contributed by atoms with van der Waals surface area (Å²) in [5, 5.41) is 17.4. The van der Waals surface area contributed by atoms with Gasteiger partial charge >= 0.3 is 0 Å². The number of aromatic nitrogens is 6. The van der Waals surface area contributed by atoms with E-state index in [4.69, 9.17) is 4.42 Å². The molecule has 1 aliphatic carbocycles. The van der Waals surface area contributed by atoms with E-state index in [1.54, 1.807) is 0 Å². The minimum absolute atomic E-state index is 0.526. The van der Waals surface area contributed by atoms with Gasteiger partial charge < -0.3 is 31.8 Å². The highest BCUT2D eigenvalue weighted by atomic mass is 16.3. The van der Waals surface area contributed by atoms with E-state index < -0.39 is 5.41 Å². The predicted octanol–water partition coefficient (Wildman–Crippen LogP) is 33.2. The number of hydrogen-bond acceptors (Lipinski definition) is 1. The molecule has 7 nitrogen and oxygen atoms in total. The first kappa shape index (κ1) is 76.3. The van der Waals surface area contributed by atoms with Gasteiger partial charge in [-0.2, -0.15) is 0 Å². The van der Waals surface area contributed by atoms with Crippen LogP contribution in [-0.4, -0.2) is 27.4 Å². The third-order valence-electron chi connectivity index (χ3n) is 28.2. The Morgan fingerprint density at radius 1 is 0.142 bits per heavy atom. The standard InChI is InChI=1S/C49H32N2.C42H26N2O.C36H24N2/c1-3-15-35(16-4-1)50-45-25-13-9-21-39(45)41-31-33(27-29-47(41)50)49(43-23-11-7-19-37(43)38-20-8-12-24-44(38)49)34-28-30-48-42(32-34)40-22-10-14-26-46(40)51(48)36-17-5-2-6-18-36;1-2-10-29(11-3-1)43-39-17-9-6-14-33(39)34-24-27(18-21-40(34)43)28-19-22-41-35(25-28)36-26-30(20-23-42(36)45-41)44-37-15-7-4-12-31(37)32-13-5-8-16-38(32)44;1-2-12-27(13-3-1)37-35-20-9-6-17-31(35)32-24-26(21-22-36(32)37)25-11-10-14-28(23-25)38-33-18-7-4-15-29(33)30-16-5-8-19-34(30)38/h1-32H;1-26H;1-24H. The third kappa shape index (κ3) is 11.8. The van der Waals surface area contributed by atoms with Crippen LogP contribution in [0, 0.1) is 0 Å². The van der Waals surface area contributed by atoms with Crippen LogP contribution in [0.5, 0.6) is 0 Å². The van der Waals surface area contributed by atoms with Crippen LogP contribution < -0.4 is 0 Å². The van der Waals surface area contributed by atoms with Gasteiger partial charge in [-0.3, -0.25) is 0 Å². The number of benzene rings is 21. The second-order valence-corrected chi connectivity index (χ2v) is 35.3. The molecule has 0 saturated heterocycles. The Balaban J connectivity index is 0.000000103. The van der Waals surface area contributed by atoms with Crippen LogP contribution in [0.15, 0.2) is 502 Å². The Kier molecular flexibility index (Phi) is 17.5. The zero-order valence-electron chi connectivity index (χ0n) is 72.9. The molecule has 7 heteroatoms. The van der Waals surface area contributed by atoms with Crippen LogP contribution in [0.3, 0.4) is 0 Å². The van der Waals surface area contributed by atoms with Gasteiger partial charge in [-0.05, 0) is 244 Å². The summed E-state index contributed by atoms with van der Waals surface area (Å²) in [4.78, 5) is 0. The van der Waals surface area contributed by atoms with E-state index in [1.807, 2.05) is 0 Å². The summed E-state index contributed by atoms with van der Waals surface area (Å²) >= 11 is 0. The van der Waals surface area contributed by atoms with Crippen LogP contribution in [0.2, 0.25) is 0 Å². The molecule has 7 heterocycles. The maximum Gasteiger partial charge on any atom is 0.135 e. The molecule has 0 N–H and O–H groups in total. The van der Waals surface area contributed by atoms with Gasteiger partial charge in [0.05, 0.1) is 71.6 Å². The SMILES string of the molecule is c1ccc(-n2c3ccccc3c3cc(-c4ccc5oc6ccc(-n7c8ccccc8c8ccccc87)cc6c5c4)ccc32)cc1.c1ccc(-n2c3ccccc3c3cc(-c4cccc(-n5c6ccccc6c6ccccc65)c4)ccc32)cc1.c1ccc(-n2c3ccccc3c3cc(C4(c5ccc6c(c5)c5ccccc5n6-c5ccccc5)c5ccccc5-c5ccccc54)ccc32)cc1. The smallest absolute Gasteiger partial charge is 0.135 e. The van der Waals surface area contributed by atoms with E-state index >= 15 is 0 Å². The Labute approximate surface area is 771 Å². The summed E-state index contributed by atoms with van der Waals surface area (Å²) in [6.45, 7) is 0. The fourth-order valence-electron chi connectivity index (χ4n) is 22.5. The number of furan rings is 1. The number of hydrogen-bond donors (Lipinski definition) is 0. The van der Waals surface area contributed by atoms with Crippen molar-refractivity contribution in [2.75, 3.05) is 0 Å². The lowest BCUT2D eigenvalue weighted by molar-refractivity contribution is 0.669. The van der Waals surface area contributed by atoms with Crippen LogP contribution >= 0.6 is 0 Å². The molecule has 0 saturated carbocycles. The minimum Gasteiger partial charge on any atom is -0.456 e. The van der Waals surface area contributed by atoms with E-state index in [0.29, 0.717) is 0 Å². The average molecular weight is 1710 g/mol. The number of rotatable bonds is 10. The van der Waals surface area contributed by atoms with Crippen LogP contribution in [0.1, 0.15) is 22.3 Å². The molecule has 0 aliphatic heterocycles. The van der Waals surface area contributed by atoms with Gasteiger partial charge in [0.15, 0.2) is 0 Å². The summed E-state index contributed by atoms with van der Waals surface area (Å²) in [6, 6.07) is 181. The largest absolute Gasteiger partial charge is 0.456 e. The average Bonchev–Trinajstić information content (AvgIpc) is 1.50. The van der Waals surface area contributed by atoms with Gasteiger partial charge in [0, 0.05) is 110 Å². The van der Waals surface area contributed by atoms with Crippen molar-refractivity contribution < 1.29 is 4.42 Å². The molecule has 7 aromatic heterocycles. The fourth-order valence-corrected chi connectivity index (χ4v) is 22.5. The topological polar surface area (TPSA) is 42.7 Å². The Bertz CT molecular complexity index is 9280. The molecule has 29 rings (SSSR count). The fraction of sp³-hybridized carbons (Fsp3) is 0.00787. The second-order valence-electron chi connectivity index (χ2n) is 35.3. The summed E-state index contributed by atoms with van der Waals surface area (Å²) in [6.07, 6.45) is 0. The van der Waals surface area contributed by atoms with Gasteiger partial charge in [-0.15, -0.1) is 0 Å². The van der Waals surface area contributed by atoms with Crippen LogP contribution in [-0.2, 0) is 5.41 Å². The second kappa shape index (κ2) is 30.7. The summed E-state index contributed by atoms with van der Waals surface area (Å²) < 4.78 is 20.6. The lowest BCUT2D eigenvalue weighted by Gasteiger charge is -2.34. The molecule has 0 spiro atoms. The van der Waals surface area contributed by atoms with E-state index in [2.05, 4.69) is 525 Å². The lowest BCUT2D eigenvalue weighted by Crippen LogP contribution is -2.28. The van der Waals surface area contributed by atoms with E-state index in [1.165, 1.54) is 215 Å². The molecule has 21 aromatic carbocycles. The van der Waals surface area contributed by atoms with Crippen molar-refractivity contribution in [2.24, 2.45) is 0 Å². The van der Waals surface area contributed by atoms with E-state index in [0.717, 1.165) is 27.6 Å². The van der Waals surface area contributed by atoms with Crippen molar-refractivity contribution in [3.63, 3.8) is 0 Å². The molecule has 1 aliphatic rings. The molecule has 0 amide bonds. The maximum atomic E-state index is 6.36. The molecule has 0 radical (unpaired) electrons. The van der Waals surface area contributed by atoms with Crippen molar-refractivity contribution in [3.05, 3.63) is 520 Å². The number of fused-ring (bicyclic) bond motifs is 24. The van der Waals surface area contributed by atoms with E-state index in [-0.39, 0.29) is 0 Å². The van der Waals surface area contributed by atoms with Gasteiger partial charge in [0.1, 0.15) is 11.2 Å². The number of nitrogens with zero attached hydrogens (tertiary/aromatic N) is 6. The highest BCUT2D eigenvalue weighted by Crippen LogP contribution is 2.58. The zero-order valence-corrected chi connectivity index (χ0v) is 72.9. The van der Waals surface area contributed by atoms with Gasteiger partial charge in [0.2, 0.25) is 0 Å². The summed E-state index contributed by atoms with van der Waals surface area (Å²) in [7, 11) is 0. The van der Waals surface area contributed by atoms with Gasteiger partial charge in [0.25, 0.3) is 0 Å². The molecule has 0 unspecified atom stereocenters. The lowest BCUT2D eigenvalue weighted by atomic mass is 9.67. The van der Waals surface area contributed by atoms with Crippen molar-refractivity contribution in [1.29, 1.82) is 0 Å². The van der Waals surface area contributed by atoms with Crippen molar-refractivity contribution in [1.82, 2.24) is 27.4 Å². The van der Waals surface area contributed by atoms with Gasteiger partial charge in [-0.25, -0.2) is 0 Å². The molecule has 0 bridgehead atoms. The normalized spacial score (nSPS) is 12.4. The first-order chi connectivity index (χ1) is 66.5. The molecule has 626 valence electrons.